The number of rotatable bonds is 5. The third-order valence-corrected chi connectivity index (χ3v) is 5.07. The minimum absolute atomic E-state index is 0.0172. The third kappa shape index (κ3) is 3.83. The molecule has 1 N–H and O–H groups in total. The van der Waals surface area contributed by atoms with Gasteiger partial charge in [-0.15, -0.1) is 0 Å². The van der Waals surface area contributed by atoms with Gasteiger partial charge in [0.2, 0.25) is 0 Å². The number of nitrogens with one attached hydrogen (secondary N) is 1. The zero-order valence-corrected chi connectivity index (χ0v) is 13.9. The zero-order valence-electron chi connectivity index (χ0n) is 12.3. The van der Waals surface area contributed by atoms with Crippen molar-refractivity contribution in [3.63, 3.8) is 0 Å². The summed E-state index contributed by atoms with van der Waals surface area (Å²) in [6.07, 6.45) is 5.29. The molecule has 0 aliphatic heterocycles. The van der Waals surface area contributed by atoms with E-state index in [-0.39, 0.29) is 5.91 Å². The average molecular weight is 339 g/mol. The molecule has 0 unspecified atom stereocenters. The van der Waals surface area contributed by atoms with Crippen LogP contribution in [0.15, 0.2) is 22.7 Å². The second kappa shape index (κ2) is 7.23. The molecular weight excluding hydrogens is 316 g/mol. The fourth-order valence-electron chi connectivity index (χ4n) is 2.82. The van der Waals surface area contributed by atoms with Crippen LogP contribution in [-0.2, 0) is 0 Å². The summed E-state index contributed by atoms with van der Waals surface area (Å²) in [6.45, 7) is 3.59. The molecule has 1 saturated carbocycles. The molecule has 1 amide bonds. The van der Waals surface area contributed by atoms with Gasteiger partial charge in [0.25, 0.3) is 5.91 Å². The predicted octanol–water partition coefficient (Wildman–Crippen LogP) is 3.36. The Morgan fingerprint density at radius 2 is 2.10 bits per heavy atom. The maximum absolute atomic E-state index is 12.2. The molecular formula is C16H23BrN2O. The van der Waals surface area contributed by atoms with E-state index in [4.69, 9.17) is 0 Å². The van der Waals surface area contributed by atoms with Crippen molar-refractivity contribution in [1.82, 2.24) is 10.2 Å². The van der Waals surface area contributed by atoms with E-state index in [1.54, 1.807) is 0 Å². The third-order valence-electron chi connectivity index (χ3n) is 4.21. The zero-order chi connectivity index (χ0) is 14.5. The van der Waals surface area contributed by atoms with Crippen molar-refractivity contribution in [3.05, 3.63) is 33.8 Å². The van der Waals surface area contributed by atoms with Gasteiger partial charge in [0, 0.05) is 29.2 Å². The molecule has 0 spiro atoms. The van der Waals surface area contributed by atoms with Gasteiger partial charge >= 0.3 is 0 Å². The lowest BCUT2D eigenvalue weighted by atomic mass is 10.1. The van der Waals surface area contributed by atoms with Crippen LogP contribution >= 0.6 is 15.9 Å². The van der Waals surface area contributed by atoms with Gasteiger partial charge in [-0.25, -0.2) is 0 Å². The summed E-state index contributed by atoms with van der Waals surface area (Å²) in [6, 6.07) is 6.44. The number of amides is 1. The minimum Gasteiger partial charge on any atom is -0.351 e. The summed E-state index contributed by atoms with van der Waals surface area (Å²) in [5, 5.41) is 3.02. The SMILES string of the molecule is Cc1c(Br)cccc1C(=O)NCCN(C)C1CCCC1. The molecule has 0 radical (unpaired) electrons. The molecule has 0 heterocycles. The summed E-state index contributed by atoms with van der Waals surface area (Å²) in [4.78, 5) is 14.5. The Morgan fingerprint density at radius 3 is 2.80 bits per heavy atom. The Bertz CT molecular complexity index is 470. The fourth-order valence-corrected chi connectivity index (χ4v) is 3.19. The van der Waals surface area contributed by atoms with E-state index in [1.807, 2.05) is 25.1 Å². The highest BCUT2D eigenvalue weighted by Gasteiger charge is 2.19. The van der Waals surface area contributed by atoms with Crippen LogP contribution in [-0.4, -0.2) is 37.0 Å². The first-order valence-electron chi connectivity index (χ1n) is 7.33. The molecule has 1 aromatic carbocycles. The van der Waals surface area contributed by atoms with Crippen molar-refractivity contribution < 1.29 is 4.79 Å². The summed E-state index contributed by atoms with van der Waals surface area (Å²) < 4.78 is 0.980. The lowest BCUT2D eigenvalue weighted by Gasteiger charge is -2.24. The number of hydrogen-bond acceptors (Lipinski definition) is 2. The summed E-state index contributed by atoms with van der Waals surface area (Å²) in [7, 11) is 2.16. The Morgan fingerprint density at radius 1 is 1.40 bits per heavy atom. The van der Waals surface area contributed by atoms with Crippen molar-refractivity contribution in [2.75, 3.05) is 20.1 Å². The molecule has 0 atom stereocenters. The van der Waals surface area contributed by atoms with E-state index >= 15 is 0 Å². The quantitative estimate of drug-likeness (QED) is 0.892. The summed E-state index contributed by atoms with van der Waals surface area (Å²) in [5.74, 6) is 0.0172. The first kappa shape index (κ1) is 15.5. The van der Waals surface area contributed by atoms with Gasteiger partial charge < -0.3 is 10.2 Å². The number of benzene rings is 1. The van der Waals surface area contributed by atoms with Gasteiger partial charge in [0.1, 0.15) is 0 Å². The minimum atomic E-state index is 0.0172. The molecule has 0 aromatic heterocycles. The molecule has 1 fully saturated rings. The molecule has 3 nitrogen and oxygen atoms in total. The first-order valence-corrected chi connectivity index (χ1v) is 8.12. The average Bonchev–Trinajstić information content (AvgIpc) is 2.95. The van der Waals surface area contributed by atoms with E-state index in [0.29, 0.717) is 12.6 Å². The molecule has 20 heavy (non-hydrogen) atoms. The van der Waals surface area contributed by atoms with Gasteiger partial charge in [0.05, 0.1) is 0 Å². The maximum atomic E-state index is 12.2. The molecule has 0 saturated heterocycles. The van der Waals surface area contributed by atoms with Gasteiger partial charge in [-0.3, -0.25) is 4.79 Å². The van der Waals surface area contributed by atoms with Crippen molar-refractivity contribution in [1.29, 1.82) is 0 Å². The van der Waals surface area contributed by atoms with Crippen LogP contribution in [0.5, 0.6) is 0 Å². The molecule has 0 bridgehead atoms. The van der Waals surface area contributed by atoms with Crippen LogP contribution in [0, 0.1) is 6.92 Å². The number of carbonyl (C=O) groups excluding carboxylic acids is 1. The van der Waals surface area contributed by atoms with E-state index in [9.17, 15) is 4.79 Å². The second-order valence-corrected chi connectivity index (χ2v) is 6.44. The summed E-state index contributed by atoms with van der Waals surface area (Å²) >= 11 is 3.46. The van der Waals surface area contributed by atoms with Crippen molar-refractivity contribution >= 4 is 21.8 Å². The van der Waals surface area contributed by atoms with Gasteiger partial charge in [-0.2, -0.15) is 0 Å². The Hall–Kier alpha value is -0.870. The van der Waals surface area contributed by atoms with Crippen LogP contribution in [0.4, 0.5) is 0 Å². The highest BCUT2D eigenvalue weighted by atomic mass is 79.9. The normalized spacial score (nSPS) is 15.8. The number of nitrogens with zero attached hydrogens (tertiary/aromatic N) is 1. The van der Waals surface area contributed by atoms with Crippen molar-refractivity contribution in [2.24, 2.45) is 0 Å². The predicted molar refractivity (Wildman–Crippen MR) is 86.1 cm³/mol. The van der Waals surface area contributed by atoms with E-state index in [1.165, 1.54) is 25.7 Å². The highest BCUT2D eigenvalue weighted by molar-refractivity contribution is 9.10. The Balaban J connectivity index is 1.81. The standard InChI is InChI=1S/C16H23BrN2O/c1-12-14(8-5-9-15(12)17)16(20)18-10-11-19(2)13-6-3-4-7-13/h5,8-9,13H,3-4,6-7,10-11H2,1-2H3,(H,18,20). The van der Waals surface area contributed by atoms with Crippen LogP contribution in [0.2, 0.25) is 0 Å². The number of hydrogen-bond donors (Lipinski definition) is 1. The Labute approximate surface area is 129 Å². The van der Waals surface area contributed by atoms with Crippen molar-refractivity contribution in [3.8, 4) is 0 Å². The van der Waals surface area contributed by atoms with Gasteiger partial charge in [-0.1, -0.05) is 34.8 Å². The lowest BCUT2D eigenvalue weighted by molar-refractivity contribution is 0.0946. The molecule has 1 aliphatic carbocycles. The largest absolute Gasteiger partial charge is 0.351 e. The van der Waals surface area contributed by atoms with Crippen LogP contribution in [0.25, 0.3) is 0 Å². The van der Waals surface area contributed by atoms with Crippen LogP contribution in [0.1, 0.15) is 41.6 Å². The van der Waals surface area contributed by atoms with Crippen LogP contribution in [0.3, 0.4) is 0 Å². The molecule has 2 rings (SSSR count). The van der Waals surface area contributed by atoms with E-state index in [0.717, 1.165) is 22.1 Å². The molecule has 1 aromatic rings. The molecule has 110 valence electrons. The number of halogens is 1. The number of likely N-dealkylation sites (N-methyl/N-ethyl adjacent to an activating group) is 1. The van der Waals surface area contributed by atoms with Crippen molar-refractivity contribution in [2.45, 2.75) is 38.6 Å². The Kier molecular flexibility index (Phi) is 5.61. The number of carbonyl (C=O) groups is 1. The van der Waals surface area contributed by atoms with Crippen LogP contribution < -0.4 is 5.32 Å². The monoisotopic (exact) mass is 338 g/mol. The van der Waals surface area contributed by atoms with Gasteiger partial charge in [-0.05, 0) is 44.5 Å². The lowest BCUT2D eigenvalue weighted by Crippen LogP contribution is -2.37. The fraction of sp³-hybridized carbons (Fsp3) is 0.562. The van der Waals surface area contributed by atoms with E-state index in [2.05, 4.69) is 33.2 Å². The van der Waals surface area contributed by atoms with E-state index < -0.39 is 0 Å². The second-order valence-electron chi connectivity index (χ2n) is 5.59. The highest BCUT2D eigenvalue weighted by Crippen LogP contribution is 2.22. The summed E-state index contributed by atoms with van der Waals surface area (Å²) in [5.41, 5.74) is 1.75. The molecule has 1 aliphatic rings. The smallest absolute Gasteiger partial charge is 0.251 e. The maximum Gasteiger partial charge on any atom is 0.251 e. The van der Waals surface area contributed by atoms with Gasteiger partial charge in [0.15, 0.2) is 0 Å². The topological polar surface area (TPSA) is 32.3 Å². The first-order chi connectivity index (χ1) is 9.59. The molecule has 4 heteroatoms.